The van der Waals surface area contributed by atoms with E-state index in [4.69, 9.17) is 4.74 Å². The van der Waals surface area contributed by atoms with E-state index in [0.717, 1.165) is 5.69 Å². The fraction of sp³-hybridized carbons (Fsp3) is 0.304. The molecule has 162 valence electrons. The first kappa shape index (κ1) is 22.0. The van der Waals surface area contributed by atoms with Crippen LogP contribution in [0.1, 0.15) is 23.2 Å². The highest BCUT2D eigenvalue weighted by Crippen LogP contribution is 2.29. The van der Waals surface area contributed by atoms with Crippen molar-refractivity contribution in [3.8, 4) is 0 Å². The number of hydrogen-bond donors (Lipinski definition) is 0. The van der Waals surface area contributed by atoms with Crippen molar-refractivity contribution in [1.82, 2.24) is 0 Å². The molecule has 8 heteroatoms. The Balaban J connectivity index is 1.90. The first-order valence-corrected chi connectivity index (χ1v) is 9.87. The van der Waals surface area contributed by atoms with Crippen LogP contribution in [0, 0.1) is 5.92 Å². The first-order valence-electron chi connectivity index (χ1n) is 9.87. The average Bonchev–Trinajstić information content (AvgIpc) is 3.17. The molecule has 2 amide bonds. The molecule has 1 unspecified atom stereocenters. The minimum absolute atomic E-state index is 0.0337. The number of hydrogen-bond acceptors (Lipinski definition) is 6. The van der Waals surface area contributed by atoms with Crippen LogP contribution in [0.25, 0.3) is 0 Å². The van der Waals surface area contributed by atoms with Crippen LogP contribution in [0.2, 0.25) is 0 Å². The number of ether oxygens (including phenoxy) is 2. The molecule has 0 radical (unpaired) electrons. The van der Waals surface area contributed by atoms with Gasteiger partial charge in [0, 0.05) is 18.8 Å². The van der Waals surface area contributed by atoms with Crippen molar-refractivity contribution >= 4 is 35.1 Å². The predicted molar refractivity (Wildman–Crippen MR) is 114 cm³/mol. The number of amides is 2. The van der Waals surface area contributed by atoms with Gasteiger partial charge in [0.05, 0.1) is 31.4 Å². The lowest BCUT2D eigenvalue weighted by atomic mass is 10.0. The predicted octanol–water partition coefficient (Wildman–Crippen LogP) is 2.42. The number of anilines is 2. The molecule has 0 bridgehead atoms. The van der Waals surface area contributed by atoms with E-state index in [1.165, 1.54) is 25.2 Å². The normalized spacial score (nSPS) is 15.5. The van der Waals surface area contributed by atoms with Crippen LogP contribution in [0.5, 0.6) is 0 Å². The lowest BCUT2D eigenvalue weighted by Gasteiger charge is -2.27. The summed E-state index contributed by atoms with van der Waals surface area (Å²) in [4.78, 5) is 53.0. The molecule has 1 fully saturated rings. The number of methoxy groups -OCH3 is 2. The smallest absolute Gasteiger partial charge is 0.339 e. The number of rotatable bonds is 7. The minimum atomic E-state index is -0.700. The van der Waals surface area contributed by atoms with Gasteiger partial charge in [0.15, 0.2) is 0 Å². The summed E-state index contributed by atoms with van der Waals surface area (Å²) in [6, 6.07) is 15.7. The van der Waals surface area contributed by atoms with Gasteiger partial charge >= 0.3 is 11.9 Å². The Morgan fingerprint density at radius 3 is 2.35 bits per heavy atom. The Kier molecular flexibility index (Phi) is 7.02. The summed E-state index contributed by atoms with van der Waals surface area (Å²) in [5.74, 6) is -2.47. The third-order valence-corrected chi connectivity index (χ3v) is 5.21. The highest BCUT2D eigenvalue weighted by molar-refractivity contribution is 6.08. The van der Waals surface area contributed by atoms with E-state index < -0.39 is 30.2 Å². The van der Waals surface area contributed by atoms with Crippen LogP contribution >= 0.6 is 0 Å². The molecule has 1 aliphatic rings. The summed E-state index contributed by atoms with van der Waals surface area (Å²) in [6.45, 7) is 0.553. The Hall–Kier alpha value is -3.68. The van der Waals surface area contributed by atoms with E-state index >= 15 is 0 Å². The van der Waals surface area contributed by atoms with Crippen molar-refractivity contribution in [3.63, 3.8) is 0 Å². The first-order chi connectivity index (χ1) is 15.0. The lowest BCUT2D eigenvalue weighted by molar-refractivity contribution is -0.143. The van der Waals surface area contributed by atoms with Crippen LogP contribution in [0.15, 0.2) is 54.6 Å². The lowest BCUT2D eigenvalue weighted by Crippen LogP contribution is -2.40. The summed E-state index contributed by atoms with van der Waals surface area (Å²) < 4.78 is 9.45. The zero-order valence-electron chi connectivity index (χ0n) is 17.4. The average molecular weight is 424 g/mol. The number of para-hydroxylation sites is 2. The zero-order valence-corrected chi connectivity index (χ0v) is 17.4. The number of benzene rings is 2. The number of carbonyl (C=O) groups excluding carboxylic acids is 4. The molecule has 0 saturated carbocycles. The van der Waals surface area contributed by atoms with E-state index in [0.29, 0.717) is 13.0 Å². The number of nitrogens with zero attached hydrogens (tertiary/aromatic N) is 2. The minimum Gasteiger partial charge on any atom is -0.469 e. The summed E-state index contributed by atoms with van der Waals surface area (Å²) in [6.07, 6.45) is 0.0332. The van der Waals surface area contributed by atoms with Gasteiger partial charge in [-0.05, 0) is 30.7 Å². The van der Waals surface area contributed by atoms with E-state index in [9.17, 15) is 19.2 Å². The molecule has 0 N–H and O–H groups in total. The Morgan fingerprint density at radius 2 is 1.68 bits per heavy atom. The highest BCUT2D eigenvalue weighted by atomic mass is 16.5. The standard InChI is InChI=1S/C23H24N2O6/c1-30-21(27)14-20(26)25(19-11-7-6-10-18(19)23(29)31-2)15-16-12-13-24(22(16)28)17-8-4-3-5-9-17/h3-11,16H,12-15H2,1-2H3. The third kappa shape index (κ3) is 4.91. The maximum Gasteiger partial charge on any atom is 0.339 e. The quantitative estimate of drug-likeness (QED) is 0.501. The molecule has 0 spiro atoms. The Labute approximate surface area is 180 Å². The van der Waals surface area contributed by atoms with E-state index in [1.54, 1.807) is 23.1 Å². The summed E-state index contributed by atoms with van der Waals surface area (Å²) in [5.41, 5.74) is 1.25. The van der Waals surface area contributed by atoms with Crippen LogP contribution in [-0.4, -0.2) is 51.1 Å². The second kappa shape index (κ2) is 9.88. The fourth-order valence-corrected chi connectivity index (χ4v) is 3.61. The van der Waals surface area contributed by atoms with Gasteiger partial charge in [-0.3, -0.25) is 14.4 Å². The molecule has 2 aromatic rings. The van der Waals surface area contributed by atoms with Crippen LogP contribution < -0.4 is 9.80 Å². The molecule has 3 rings (SSSR count). The van der Waals surface area contributed by atoms with Crippen molar-refractivity contribution in [2.75, 3.05) is 37.1 Å². The second-order valence-corrected chi connectivity index (χ2v) is 7.08. The van der Waals surface area contributed by atoms with Crippen molar-refractivity contribution in [3.05, 3.63) is 60.2 Å². The van der Waals surface area contributed by atoms with Crippen molar-refractivity contribution in [1.29, 1.82) is 0 Å². The molecule has 1 aliphatic heterocycles. The van der Waals surface area contributed by atoms with Gasteiger partial charge in [0.1, 0.15) is 6.42 Å². The monoisotopic (exact) mass is 424 g/mol. The van der Waals surface area contributed by atoms with Crippen molar-refractivity contribution in [2.45, 2.75) is 12.8 Å². The number of carbonyl (C=O) groups is 4. The molecule has 8 nitrogen and oxygen atoms in total. The molecule has 1 atom stereocenters. The third-order valence-electron chi connectivity index (χ3n) is 5.21. The van der Waals surface area contributed by atoms with Crippen molar-refractivity contribution < 1.29 is 28.7 Å². The number of esters is 2. The van der Waals surface area contributed by atoms with Gasteiger partial charge in [-0.1, -0.05) is 30.3 Å². The highest BCUT2D eigenvalue weighted by Gasteiger charge is 2.36. The van der Waals surface area contributed by atoms with E-state index in [-0.39, 0.29) is 23.7 Å². The molecule has 0 aromatic heterocycles. The summed E-state index contributed by atoms with van der Waals surface area (Å²) in [7, 11) is 2.44. The van der Waals surface area contributed by atoms with Gasteiger partial charge in [0.2, 0.25) is 11.8 Å². The largest absolute Gasteiger partial charge is 0.469 e. The molecular weight excluding hydrogens is 400 g/mol. The van der Waals surface area contributed by atoms with Gasteiger partial charge in [-0.15, -0.1) is 0 Å². The van der Waals surface area contributed by atoms with Crippen LogP contribution in [-0.2, 0) is 23.9 Å². The van der Waals surface area contributed by atoms with E-state index in [1.807, 2.05) is 30.3 Å². The summed E-state index contributed by atoms with van der Waals surface area (Å²) >= 11 is 0. The molecule has 2 aromatic carbocycles. The second-order valence-electron chi connectivity index (χ2n) is 7.08. The molecular formula is C23H24N2O6. The van der Waals surface area contributed by atoms with Gasteiger partial charge in [0.25, 0.3) is 0 Å². The van der Waals surface area contributed by atoms with E-state index in [2.05, 4.69) is 4.74 Å². The Morgan fingerprint density at radius 1 is 1.00 bits per heavy atom. The molecule has 1 saturated heterocycles. The maximum atomic E-state index is 13.1. The topological polar surface area (TPSA) is 93.2 Å². The molecule has 31 heavy (non-hydrogen) atoms. The molecule has 0 aliphatic carbocycles. The SMILES string of the molecule is COC(=O)CC(=O)N(CC1CCN(c2ccccc2)C1=O)c1ccccc1C(=O)OC. The maximum absolute atomic E-state index is 13.1. The van der Waals surface area contributed by atoms with Gasteiger partial charge < -0.3 is 19.3 Å². The van der Waals surface area contributed by atoms with Crippen LogP contribution in [0.4, 0.5) is 11.4 Å². The summed E-state index contributed by atoms with van der Waals surface area (Å²) in [5, 5.41) is 0. The zero-order chi connectivity index (χ0) is 22.4. The Bertz CT molecular complexity index is 975. The molecule has 1 heterocycles. The van der Waals surface area contributed by atoms with Crippen LogP contribution in [0.3, 0.4) is 0 Å². The van der Waals surface area contributed by atoms with Gasteiger partial charge in [-0.25, -0.2) is 4.79 Å². The fourth-order valence-electron chi connectivity index (χ4n) is 3.61. The van der Waals surface area contributed by atoms with Gasteiger partial charge in [-0.2, -0.15) is 0 Å². The van der Waals surface area contributed by atoms with Crippen molar-refractivity contribution in [2.24, 2.45) is 5.92 Å².